The maximum Gasteiger partial charge on any atom is 0.220 e. The Kier molecular flexibility index (Phi) is 4.08. The lowest BCUT2D eigenvalue weighted by Crippen LogP contribution is -2.55. The summed E-state index contributed by atoms with van der Waals surface area (Å²) in [5.74, 6) is 0.251. The Morgan fingerprint density at radius 1 is 1.16 bits per heavy atom. The summed E-state index contributed by atoms with van der Waals surface area (Å²) in [6, 6.07) is 2.28. The van der Waals surface area contributed by atoms with Crippen LogP contribution in [0.2, 0.25) is 0 Å². The Morgan fingerprint density at radius 2 is 1.84 bits per heavy atom. The van der Waals surface area contributed by atoms with Gasteiger partial charge in [-0.3, -0.25) is 9.69 Å². The van der Waals surface area contributed by atoms with E-state index in [1.165, 1.54) is 32.1 Å². The maximum absolute atomic E-state index is 11.7. The van der Waals surface area contributed by atoms with Gasteiger partial charge in [0.2, 0.25) is 5.91 Å². The minimum absolute atomic E-state index is 0.251. The van der Waals surface area contributed by atoms with Crippen LogP contribution in [0.25, 0.3) is 0 Å². The standard InChI is InChI=1S/C15H27N3O/c16-11-9-13-3-1-4-14(10-11)18(13)8-2-5-15(19)17-12-6-7-12/h11-14H,1-10,16H2,(H,17,19). The largest absolute Gasteiger partial charge is 0.353 e. The van der Waals surface area contributed by atoms with E-state index in [-0.39, 0.29) is 5.91 Å². The number of nitrogens with zero attached hydrogens (tertiary/aromatic N) is 1. The summed E-state index contributed by atoms with van der Waals surface area (Å²) in [5.41, 5.74) is 6.14. The Bertz CT molecular complexity index is 315. The molecule has 4 heteroatoms. The van der Waals surface area contributed by atoms with Gasteiger partial charge in [-0.05, 0) is 51.5 Å². The third-order valence-electron chi connectivity index (χ3n) is 4.92. The highest BCUT2D eigenvalue weighted by molar-refractivity contribution is 5.76. The first-order valence-corrected chi connectivity index (χ1v) is 8.03. The molecule has 0 radical (unpaired) electrons. The molecule has 3 fully saturated rings. The van der Waals surface area contributed by atoms with Crippen LogP contribution in [0.3, 0.4) is 0 Å². The Balaban J connectivity index is 1.42. The maximum atomic E-state index is 11.7. The molecule has 2 saturated heterocycles. The van der Waals surface area contributed by atoms with Crippen molar-refractivity contribution in [2.45, 2.75) is 82.0 Å². The molecule has 0 aromatic heterocycles. The van der Waals surface area contributed by atoms with Gasteiger partial charge >= 0.3 is 0 Å². The van der Waals surface area contributed by atoms with Crippen molar-refractivity contribution in [3.8, 4) is 0 Å². The molecule has 3 rings (SSSR count). The molecule has 3 aliphatic rings. The highest BCUT2D eigenvalue weighted by Gasteiger charge is 2.36. The number of rotatable bonds is 5. The average molecular weight is 265 g/mol. The molecule has 1 amide bonds. The van der Waals surface area contributed by atoms with Gasteiger partial charge in [-0.1, -0.05) is 6.42 Å². The van der Waals surface area contributed by atoms with Gasteiger partial charge in [0.25, 0.3) is 0 Å². The number of fused-ring (bicyclic) bond motifs is 2. The second kappa shape index (κ2) is 5.80. The molecule has 1 saturated carbocycles. The summed E-state index contributed by atoms with van der Waals surface area (Å²) < 4.78 is 0. The van der Waals surface area contributed by atoms with Gasteiger partial charge < -0.3 is 11.1 Å². The molecule has 4 nitrogen and oxygen atoms in total. The van der Waals surface area contributed by atoms with Crippen LogP contribution < -0.4 is 11.1 Å². The number of nitrogens with one attached hydrogen (secondary N) is 1. The van der Waals surface area contributed by atoms with Gasteiger partial charge in [0.1, 0.15) is 0 Å². The van der Waals surface area contributed by atoms with E-state index in [1.54, 1.807) is 0 Å². The van der Waals surface area contributed by atoms with E-state index in [4.69, 9.17) is 5.73 Å². The first-order valence-electron chi connectivity index (χ1n) is 8.03. The fourth-order valence-corrected chi connectivity index (χ4v) is 3.84. The Morgan fingerprint density at radius 3 is 2.47 bits per heavy atom. The lowest BCUT2D eigenvalue weighted by atomic mass is 9.82. The summed E-state index contributed by atoms with van der Waals surface area (Å²) in [6.07, 6.45) is 10.3. The molecule has 2 unspecified atom stereocenters. The molecule has 0 aromatic carbocycles. The summed E-state index contributed by atoms with van der Waals surface area (Å²) in [4.78, 5) is 14.3. The number of nitrogens with two attached hydrogens (primary N) is 1. The van der Waals surface area contributed by atoms with Crippen LogP contribution in [0.5, 0.6) is 0 Å². The van der Waals surface area contributed by atoms with E-state index in [1.807, 2.05) is 0 Å². The third-order valence-corrected chi connectivity index (χ3v) is 4.92. The zero-order valence-corrected chi connectivity index (χ0v) is 11.8. The number of hydrogen-bond acceptors (Lipinski definition) is 3. The number of amides is 1. The fraction of sp³-hybridized carbons (Fsp3) is 0.933. The van der Waals surface area contributed by atoms with Crippen molar-refractivity contribution in [3.05, 3.63) is 0 Å². The van der Waals surface area contributed by atoms with Gasteiger partial charge in [-0.2, -0.15) is 0 Å². The van der Waals surface area contributed by atoms with Crippen molar-refractivity contribution in [2.24, 2.45) is 5.73 Å². The van der Waals surface area contributed by atoms with Crippen molar-refractivity contribution < 1.29 is 4.79 Å². The van der Waals surface area contributed by atoms with Gasteiger partial charge in [-0.15, -0.1) is 0 Å². The Hall–Kier alpha value is -0.610. The van der Waals surface area contributed by atoms with Crippen molar-refractivity contribution in [1.82, 2.24) is 10.2 Å². The van der Waals surface area contributed by atoms with E-state index in [0.717, 1.165) is 25.8 Å². The number of piperidine rings is 2. The van der Waals surface area contributed by atoms with Gasteiger partial charge in [-0.25, -0.2) is 0 Å². The van der Waals surface area contributed by atoms with Crippen molar-refractivity contribution in [3.63, 3.8) is 0 Å². The van der Waals surface area contributed by atoms with E-state index in [2.05, 4.69) is 10.2 Å². The van der Waals surface area contributed by atoms with Crippen LogP contribution in [0.1, 0.15) is 57.8 Å². The molecular formula is C15H27N3O. The molecule has 2 bridgehead atoms. The normalized spacial score (nSPS) is 35.1. The van der Waals surface area contributed by atoms with Crippen LogP contribution >= 0.6 is 0 Å². The van der Waals surface area contributed by atoms with Crippen molar-refractivity contribution in [2.75, 3.05) is 6.54 Å². The lowest BCUT2D eigenvalue weighted by Gasteiger charge is -2.48. The van der Waals surface area contributed by atoms with Crippen molar-refractivity contribution >= 4 is 5.91 Å². The van der Waals surface area contributed by atoms with Crippen LogP contribution in [-0.2, 0) is 4.79 Å². The Labute approximate surface area is 116 Å². The minimum atomic E-state index is 0.251. The molecule has 3 N–H and O–H groups in total. The summed E-state index contributed by atoms with van der Waals surface area (Å²) in [5, 5.41) is 3.07. The topological polar surface area (TPSA) is 58.4 Å². The second-order valence-electron chi connectivity index (χ2n) is 6.65. The van der Waals surface area contributed by atoms with E-state index in [9.17, 15) is 4.79 Å². The summed E-state index contributed by atoms with van der Waals surface area (Å²) in [6.45, 7) is 1.08. The molecule has 19 heavy (non-hydrogen) atoms. The molecule has 1 aliphatic carbocycles. The molecule has 2 aliphatic heterocycles. The lowest BCUT2D eigenvalue weighted by molar-refractivity contribution is -0.121. The molecule has 2 atom stereocenters. The van der Waals surface area contributed by atoms with Gasteiger partial charge in [0, 0.05) is 30.6 Å². The molecule has 0 spiro atoms. The predicted octanol–water partition coefficient (Wildman–Crippen LogP) is 1.39. The predicted molar refractivity (Wildman–Crippen MR) is 75.7 cm³/mol. The third kappa shape index (κ3) is 3.48. The van der Waals surface area contributed by atoms with Crippen molar-refractivity contribution in [1.29, 1.82) is 0 Å². The van der Waals surface area contributed by atoms with Gasteiger partial charge in [0.05, 0.1) is 0 Å². The first kappa shape index (κ1) is 13.4. The van der Waals surface area contributed by atoms with Crippen LogP contribution in [0, 0.1) is 0 Å². The zero-order valence-electron chi connectivity index (χ0n) is 11.8. The smallest absolute Gasteiger partial charge is 0.220 e. The van der Waals surface area contributed by atoms with E-state index in [0.29, 0.717) is 30.6 Å². The van der Waals surface area contributed by atoms with Crippen LogP contribution in [0.15, 0.2) is 0 Å². The van der Waals surface area contributed by atoms with E-state index >= 15 is 0 Å². The highest BCUT2D eigenvalue weighted by Crippen LogP contribution is 2.33. The number of carbonyl (C=O) groups excluding carboxylic acids is 1. The summed E-state index contributed by atoms with van der Waals surface area (Å²) >= 11 is 0. The highest BCUT2D eigenvalue weighted by atomic mass is 16.1. The molecular weight excluding hydrogens is 238 g/mol. The first-order chi connectivity index (χ1) is 9.22. The van der Waals surface area contributed by atoms with Crippen LogP contribution in [0.4, 0.5) is 0 Å². The zero-order chi connectivity index (χ0) is 13.2. The fourth-order valence-electron chi connectivity index (χ4n) is 3.84. The van der Waals surface area contributed by atoms with E-state index < -0.39 is 0 Å². The quantitative estimate of drug-likeness (QED) is 0.790. The molecule has 108 valence electrons. The summed E-state index contributed by atoms with van der Waals surface area (Å²) in [7, 11) is 0. The van der Waals surface area contributed by atoms with Gasteiger partial charge in [0.15, 0.2) is 0 Å². The minimum Gasteiger partial charge on any atom is -0.353 e. The number of carbonyl (C=O) groups is 1. The molecule has 0 aromatic rings. The average Bonchev–Trinajstić information content (AvgIpc) is 3.13. The second-order valence-corrected chi connectivity index (χ2v) is 6.65. The SMILES string of the molecule is NC1CC2CCCC(C1)N2CCCC(=O)NC1CC1. The monoisotopic (exact) mass is 265 g/mol. The molecule has 2 heterocycles. The number of hydrogen-bond donors (Lipinski definition) is 2. The van der Waals surface area contributed by atoms with Crippen LogP contribution in [-0.4, -0.2) is 41.5 Å².